The summed E-state index contributed by atoms with van der Waals surface area (Å²) in [6.45, 7) is 8.10. The van der Waals surface area contributed by atoms with Crippen LogP contribution in [0.1, 0.15) is 33.3 Å². The monoisotopic (exact) mass is 278 g/mol. The molecule has 0 saturated carbocycles. The van der Waals surface area contributed by atoms with Gasteiger partial charge in [0, 0.05) is 12.1 Å². The Morgan fingerprint density at radius 3 is 2.55 bits per heavy atom. The lowest BCUT2D eigenvalue weighted by atomic mass is 9.74. The SMILES string of the molecule is CC(C)(N)C(C)(C)C(=O)NCc1ccc2c(c1)OCO2. The number of hydrogen-bond donors (Lipinski definition) is 2. The van der Waals surface area contributed by atoms with Crippen molar-refractivity contribution in [2.45, 2.75) is 39.8 Å². The molecular formula is C15H22N2O3. The number of carbonyl (C=O) groups is 1. The number of fused-ring (bicyclic) bond motifs is 1. The van der Waals surface area contributed by atoms with Crippen LogP contribution in [-0.2, 0) is 11.3 Å². The first kappa shape index (κ1) is 14.7. The van der Waals surface area contributed by atoms with Crippen LogP contribution in [-0.4, -0.2) is 18.2 Å². The molecule has 20 heavy (non-hydrogen) atoms. The van der Waals surface area contributed by atoms with E-state index in [1.807, 2.05) is 45.9 Å². The molecule has 110 valence electrons. The van der Waals surface area contributed by atoms with Crippen LogP contribution in [0.15, 0.2) is 18.2 Å². The Bertz CT molecular complexity index is 518. The van der Waals surface area contributed by atoms with Gasteiger partial charge in [-0.1, -0.05) is 6.07 Å². The number of carbonyl (C=O) groups excluding carboxylic acids is 1. The zero-order valence-corrected chi connectivity index (χ0v) is 12.4. The summed E-state index contributed by atoms with van der Waals surface area (Å²) in [5.41, 5.74) is 5.78. The second-order valence-corrected chi connectivity index (χ2v) is 6.22. The molecule has 1 aliphatic heterocycles. The van der Waals surface area contributed by atoms with E-state index < -0.39 is 11.0 Å². The molecule has 0 spiro atoms. The molecule has 1 heterocycles. The smallest absolute Gasteiger partial charge is 0.231 e. The molecular weight excluding hydrogens is 256 g/mol. The lowest BCUT2D eigenvalue weighted by Crippen LogP contribution is -2.55. The fraction of sp³-hybridized carbons (Fsp3) is 0.533. The maximum Gasteiger partial charge on any atom is 0.231 e. The summed E-state index contributed by atoms with van der Waals surface area (Å²) in [6, 6.07) is 5.64. The average molecular weight is 278 g/mol. The summed E-state index contributed by atoms with van der Waals surface area (Å²) in [6.07, 6.45) is 0. The molecule has 5 nitrogen and oxygen atoms in total. The molecule has 0 aromatic heterocycles. The molecule has 1 aliphatic rings. The van der Waals surface area contributed by atoms with E-state index in [0.717, 1.165) is 17.1 Å². The van der Waals surface area contributed by atoms with Crippen molar-refractivity contribution in [1.82, 2.24) is 5.32 Å². The van der Waals surface area contributed by atoms with E-state index in [1.54, 1.807) is 0 Å². The number of nitrogens with two attached hydrogens (primary N) is 1. The standard InChI is InChI=1S/C15H22N2O3/c1-14(2,15(3,4)16)13(18)17-8-10-5-6-11-12(7-10)20-9-19-11/h5-7H,8-9,16H2,1-4H3,(H,17,18). The van der Waals surface area contributed by atoms with Gasteiger partial charge in [0.15, 0.2) is 11.5 Å². The van der Waals surface area contributed by atoms with E-state index in [1.165, 1.54) is 0 Å². The van der Waals surface area contributed by atoms with Gasteiger partial charge in [-0.25, -0.2) is 0 Å². The summed E-state index contributed by atoms with van der Waals surface area (Å²) >= 11 is 0. The van der Waals surface area contributed by atoms with E-state index in [0.29, 0.717) is 6.54 Å². The van der Waals surface area contributed by atoms with Crippen LogP contribution in [0, 0.1) is 5.41 Å². The molecule has 0 aliphatic carbocycles. The van der Waals surface area contributed by atoms with Crippen molar-refractivity contribution < 1.29 is 14.3 Å². The summed E-state index contributed by atoms with van der Waals surface area (Å²) in [5.74, 6) is 1.39. The summed E-state index contributed by atoms with van der Waals surface area (Å²) in [7, 11) is 0. The van der Waals surface area contributed by atoms with Gasteiger partial charge in [0.1, 0.15) is 0 Å². The minimum atomic E-state index is -0.649. The van der Waals surface area contributed by atoms with Crippen molar-refractivity contribution in [3.63, 3.8) is 0 Å². The molecule has 2 rings (SSSR count). The number of ether oxygens (including phenoxy) is 2. The van der Waals surface area contributed by atoms with Crippen LogP contribution in [0.2, 0.25) is 0 Å². The van der Waals surface area contributed by atoms with E-state index in [9.17, 15) is 4.79 Å². The molecule has 3 N–H and O–H groups in total. The van der Waals surface area contributed by atoms with Gasteiger partial charge in [-0.2, -0.15) is 0 Å². The average Bonchev–Trinajstić information content (AvgIpc) is 2.81. The van der Waals surface area contributed by atoms with Crippen molar-refractivity contribution in [2.24, 2.45) is 11.1 Å². The number of rotatable bonds is 4. The Kier molecular flexibility index (Phi) is 3.65. The quantitative estimate of drug-likeness (QED) is 0.880. The first-order chi connectivity index (χ1) is 9.22. The molecule has 0 fully saturated rings. The van der Waals surface area contributed by atoms with Crippen molar-refractivity contribution in [3.05, 3.63) is 23.8 Å². The topological polar surface area (TPSA) is 73.6 Å². The summed E-state index contributed by atoms with van der Waals surface area (Å²) < 4.78 is 10.6. The lowest BCUT2D eigenvalue weighted by Gasteiger charge is -2.36. The van der Waals surface area contributed by atoms with E-state index in [-0.39, 0.29) is 12.7 Å². The van der Waals surface area contributed by atoms with Gasteiger partial charge in [0.05, 0.1) is 5.41 Å². The number of nitrogens with one attached hydrogen (secondary N) is 1. The van der Waals surface area contributed by atoms with Crippen LogP contribution in [0.5, 0.6) is 11.5 Å². The Morgan fingerprint density at radius 1 is 1.25 bits per heavy atom. The lowest BCUT2D eigenvalue weighted by molar-refractivity contribution is -0.132. The van der Waals surface area contributed by atoms with Gasteiger partial charge in [-0.05, 0) is 45.4 Å². The zero-order valence-electron chi connectivity index (χ0n) is 12.4. The Hall–Kier alpha value is -1.75. The zero-order chi connectivity index (χ0) is 15.0. The molecule has 1 aromatic carbocycles. The Balaban J connectivity index is 2.01. The summed E-state index contributed by atoms with van der Waals surface area (Å²) in [5, 5.41) is 2.92. The highest BCUT2D eigenvalue weighted by atomic mass is 16.7. The van der Waals surface area contributed by atoms with Gasteiger partial charge in [-0.3, -0.25) is 4.79 Å². The van der Waals surface area contributed by atoms with Gasteiger partial charge in [-0.15, -0.1) is 0 Å². The molecule has 5 heteroatoms. The van der Waals surface area contributed by atoms with E-state index in [2.05, 4.69) is 5.32 Å². The molecule has 0 atom stereocenters. The third kappa shape index (κ3) is 2.72. The highest BCUT2D eigenvalue weighted by molar-refractivity contribution is 5.83. The van der Waals surface area contributed by atoms with Crippen molar-refractivity contribution in [2.75, 3.05) is 6.79 Å². The number of benzene rings is 1. The minimum absolute atomic E-state index is 0.0670. The fourth-order valence-corrected chi connectivity index (χ4v) is 1.75. The largest absolute Gasteiger partial charge is 0.454 e. The van der Waals surface area contributed by atoms with Crippen LogP contribution >= 0.6 is 0 Å². The fourth-order valence-electron chi connectivity index (χ4n) is 1.75. The van der Waals surface area contributed by atoms with Crippen LogP contribution < -0.4 is 20.5 Å². The first-order valence-corrected chi connectivity index (χ1v) is 6.67. The molecule has 0 radical (unpaired) electrons. The highest BCUT2D eigenvalue weighted by Crippen LogP contribution is 2.33. The number of hydrogen-bond acceptors (Lipinski definition) is 4. The predicted octanol–water partition coefficient (Wildman–Crippen LogP) is 1.79. The Labute approximate surface area is 119 Å². The normalized spacial score (nSPS) is 14.2. The van der Waals surface area contributed by atoms with Gasteiger partial charge >= 0.3 is 0 Å². The second kappa shape index (κ2) is 4.98. The first-order valence-electron chi connectivity index (χ1n) is 6.67. The van der Waals surface area contributed by atoms with E-state index in [4.69, 9.17) is 15.2 Å². The molecule has 0 unspecified atom stereocenters. The van der Waals surface area contributed by atoms with Crippen molar-refractivity contribution >= 4 is 5.91 Å². The van der Waals surface area contributed by atoms with Crippen LogP contribution in [0.25, 0.3) is 0 Å². The van der Waals surface area contributed by atoms with Gasteiger partial charge in [0.25, 0.3) is 0 Å². The molecule has 0 bridgehead atoms. The van der Waals surface area contributed by atoms with Crippen molar-refractivity contribution in [3.8, 4) is 11.5 Å². The molecule has 0 saturated heterocycles. The number of amides is 1. The van der Waals surface area contributed by atoms with Crippen LogP contribution in [0.3, 0.4) is 0 Å². The van der Waals surface area contributed by atoms with Gasteiger partial charge in [0.2, 0.25) is 12.7 Å². The summed E-state index contributed by atoms with van der Waals surface area (Å²) in [4.78, 5) is 12.3. The predicted molar refractivity (Wildman–Crippen MR) is 76.5 cm³/mol. The molecule has 1 amide bonds. The second-order valence-electron chi connectivity index (χ2n) is 6.22. The van der Waals surface area contributed by atoms with E-state index >= 15 is 0 Å². The van der Waals surface area contributed by atoms with Crippen LogP contribution in [0.4, 0.5) is 0 Å². The highest BCUT2D eigenvalue weighted by Gasteiger charge is 2.40. The maximum atomic E-state index is 12.3. The van der Waals surface area contributed by atoms with Gasteiger partial charge < -0.3 is 20.5 Å². The van der Waals surface area contributed by atoms with Crippen molar-refractivity contribution in [1.29, 1.82) is 0 Å². The minimum Gasteiger partial charge on any atom is -0.454 e. The maximum absolute atomic E-state index is 12.3. The third-order valence-corrected chi connectivity index (χ3v) is 4.07. The Morgan fingerprint density at radius 2 is 1.90 bits per heavy atom. The third-order valence-electron chi connectivity index (χ3n) is 4.07. The molecule has 1 aromatic rings.